The van der Waals surface area contributed by atoms with E-state index in [1.54, 1.807) is 0 Å². The number of halogens is 1. The van der Waals surface area contributed by atoms with Crippen LogP contribution in [-0.2, 0) is 11.2 Å². The summed E-state index contributed by atoms with van der Waals surface area (Å²) in [6.07, 6.45) is 2.00. The molecule has 0 bridgehead atoms. The Labute approximate surface area is 112 Å². The van der Waals surface area contributed by atoms with Crippen LogP contribution in [0.1, 0.15) is 25.8 Å². The second kappa shape index (κ2) is 7.82. The monoisotopic (exact) mass is 300 g/mol. The number of rotatable bonds is 7. The van der Waals surface area contributed by atoms with Gasteiger partial charge < -0.3 is 4.74 Å². The molecule has 0 spiro atoms. The summed E-state index contributed by atoms with van der Waals surface area (Å²) in [5.74, 6) is 5.62. The number of benzene rings is 1. The molecule has 17 heavy (non-hydrogen) atoms. The standard InChI is InChI=1S/C13H21BrN2O/c1-3-13(17-4-2)12(16-15)9-10-5-7-11(14)8-6-10/h5-8,12-13,16H,3-4,9,15H2,1-2H3. The van der Waals surface area contributed by atoms with Gasteiger partial charge in [0.25, 0.3) is 0 Å². The van der Waals surface area contributed by atoms with E-state index in [1.165, 1.54) is 5.56 Å². The lowest BCUT2D eigenvalue weighted by Crippen LogP contribution is -2.46. The molecule has 0 aliphatic rings. The van der Waals surface area contributed by atoms with Crippen LogP contribution in [0.5, 0.6) is 0 Å². The van der Waals surface area contributed by atoms with Gasteiger partial charge in [-0.1, -0.05) is 35.0 Å². The largest absolute Gasteiger partial charge is 0.377 e. The van der Waals surface area contributed by atoms with Crippen molar-refractivity contribution in [1.82, 2.24) is 5.43 Å². The Bertz CT molecular complexity index is 316. The minimum Gasteiger partial charge on any atom is -0.377 e. The summed E-state index contributed by atoms with van der Waals surface area (Å²) in [5, 5.41) is 0. The normalized spacial score (nSPS) is 14.6. The zero-order valence-corrected chi connectivity index (χ0v) is 12.0. The summed E-state index contributed by atoms with van der Waals surface area (Å²) in [5.41, 5.74) is 4.12. The molecule has 3 N–H and O–H groups in total. The molecule has 1 rings (SSSR count). The topological polar surface area (TPSA) is 47.3 Å². The van der Waals surface area contributed by atoms with Gasteiger partial charge in [-0.05, 0) is 37.5 Å². The van der Waals surface area contributed by atoms with E-state index >= 15 is 0 Å². The van der Waals surface area contributed by atoms with Crippen molar-refractivity contribution in [3.63, 3.8) is 0 Å². The van der Waals surface area contributed by atoms with E-state index in [1.807, 2.05) is 19.1 Å². The predicted molar refractivity (Wildman–Crippen MR) is 74.7 cm³/mol. The van der Waals surface area contributed by atoms with Crippen LogP contribution < -0.4 is 11.3 Å². The molecule has 0 aromatic heterocycles. The third kappa shape index (κ3) is 4.76. The van der Waals surface area contributed by atoms with Crippen molar-refractivity contribution < 1.29 is 4.74 Å². The maximum atomic E-state index is 5.69. The van der Waals surface area contributed by atoms with Gasteiger partial charge in [0.2, 0.25) is 0 Å². The van der Waals surface area contributed by atoms with Crippen LogP contribution >= 0.6 is 15.9 Å². The van der Waals surface area contributed by atoms with Crippen LogP contribution in [0.3, 0.4) is 0 Å². The molecule has 0 saturated heterocycles. The van der Waals surface area contributed by atoms with Gasteiger partial charge in [-0.25, -0.2) is 0 Å². The fourth-order valence-corrected chi connectivity index (χ4v) is 2.17. The fourth-order valence-electron chi connectivity index (χ4n) is 1.90. The second-order valence-corrected chi connectivity index (χ2v) is 4.92. The molecule has 0 saturated carbocycles. The Morgan fingerprint density at radius 1 is 1.29 bits per heavy atom. The van der Waals surface area contributed by atoms with Gasteiger partial charge in [-0.2, -0.15) is 0 Å². The van der Waals surface area contributed by atoms with Crippen molar-refractivity contribution in [2.45, 2.75) is 38.8 Å². The summed E-state index contributed by atoms with van der Waals surface area (Å²) in [6.45, 7) is 4.85. The molecule has 0 fully saturated rings. The summed E-state index contributed by atoms with van der Waals surface area (Å²) in [6, 6.07) is 8.45. The number of ether oxygens (including phenoxy) is 1. The molecular formula is C13H21BrN2O. The SMILES string of the molecule is CCOC(CC)C(Cc1ccc(Br)cc1)NN. The molecule has 0 amide bonds. The van der Waals surface area contributed by atoms with Crippen molar-refractivity contribution >= 4 is 15.9 Å². The molecule has 0 radical (unpaired) electrons. The Hall–Kier alpha value is -0.420. The first-order chi connectivity index (χ1) is 8.21. The fraction of sp³-hybridized carbons (Fsp3) is 0.538. The predicted octanol–water partition coefficient (Wildman–Crippen LogP) is 2.64. The maximum absolute atomic E-state index is 5.69. The van der Waals surface area contributed by atoms with Crippen molar-refractivity contribution in [3.05, 3.63) is 34.3 Å². The van der Waals surface area contributed by atoms with Crippen molar-refractivity contribution in [2.24, 2.45) is 5.84 Å². The van der Waals surface area contributed by atoms with E-state index in [9.17, 15) is 0 Å². The molecule has 96 valence electrons. The van der Waals surface area contributed by atoms with E-state index in [0.29, 0.717) is 0 Å². The van der Waals surface area contributed by atoms with E-state index in [4.69, 9.17) is 10.6 Å². The van der Waals surface area contributed by atoms with Crippen LogP contribution in [0.4, 0.5) is 0 Å². The molecule has 2 atom stereocenters. The van der Waals surface area contributed by atoms with Crippen molar-refractivity contribution in [3.8, 4) is 0 Å². The second-order valence-electron chi connectivity index (χ2n) is 4.01. The number of hydrogen-bond acceptors (Lipinski definition) is 3. The van der Waals surface area contributed by atoms with Gasteiger partial charge >= 0.3 is 0 Å². The Morgan fingerprint density at radius 3 is 2.41 bits per heavy atom. The Balaban J connectivity index is 2.64. The Morgan fingerprint density at radius 2 is 1.94 bits per heavy atom. The third-order valence-electron chi connectivity index (χ3n) is 2.81. The van der Waals surface area contributed by atoms with Gasteiger partial charge in [0.1, 0.15) is 0 Å². The lowest BCUT2D eigenvalue weighted by Gasteiger charge is -2.25. The Kier molecular flexibility index (Phi) is 6.73. The first kappa shape index (κ1) is 14.6. The van der Waals surface area contributed by atoms with Crippen LogP contribution in [0.15, 0.2) is 28.7 Å². The van der Waals surface area contributed by atoms with E-state index in [2.05, 4.69) is 40.4 Å². The molecule has 3 nitrogen and oxygen atoms in total. The van der Waals surface area contributed by atoms with E-state index < -0.39 is 0 Å². The van der Waals surface area contributed by atoms with Crippen molar-refractivity contribution in [2.75, 3.05) is 6.61 Å². The minimum absolute atomic E-state index is 0.154. The number of hydrazine groups is 1. The maximum Gasteiger partial charge on any atom is 0.0741 e. The first-order valence-corrected chi connectivity index (χ1v) is 6.82. The quantitative estimate of drug-likeness (QED) is 0.601. The third-order valence-corrected chi connectivity index (χ3v) is 3.34. The molecule has 4 heteroatoms. The number of nitrogens with two attached hydrogens (primary N) is 1. The average Bonchev–Trinajstić information content (AvgIpc) is 2.36. The van der Waals surface area contributed by atoms with E-state index in [-0.39, 0.29) is 12.1 Å². The highest BCUT2D eigenvalue weighted by Gasteiger charge is 2.19. The van der Waals surface area contributed by atoms with Gasteiger partial charge in [0.05, 0.1) is 12.1 Å². The molecule has 0 aliphatic heterocycles. The molecular weight excluding hydrogens is 280 g/mol. The highest BCUT2D eigenvalue weighted by atomic mass is 79.9. The van der Waals surface area contributed by atoms with Crippen molar-refractivity contribution in [1.29, 1.82) is 0 Å². The molecule has 0 aliphatic carbocycles. The number of hydrogen-bond donors (Lipinski definition) is 2. The molecule has 1 aromatic carbocycles. The average molecular weight is 301 g/mol. The highest BCUT2D eigenvalue weighted by Crippen LogP contribution is 2.14. The van der Waals surface area contributed by atoms with Crippen LogP contribution in [0.25, 0.3) is 0 Å². The van der Waals surface area contributed by atoms with Gasteiger partial charge in [-0.15, -0.1) is 0 Å². The smallest absolute Gasteiger partial charge is 0.0741 e. The van der Waals surface area contributed by atoms with Gasteiger partial charge in [-0.3, -0.25) is 11.3 Å². The zero-order chi connectivity index (χ0) is 12.7. The zero-order valence-electron chi connectivity index (χ0n) is 10.4. The summed E-state index contributed by atoms with van der Waals surface area (Å²) in [4.78, 5) is 0. The lowest BCUT2D eigenvalue weighted by molar-refractivity contribution is 0.0319. The minimum atomic E-state index is 0.154. The summed E-state index contributed by atoms with van der Waals surface area (Å²) in [7, 11) is 0. The summed E-state index contributed by atoms with van der Waals surface area (Å²) >= 11 is 3.43. The van der Waals surface area contributed by atoms with E-state index in [0.717, 1.165) is 23.9 Å². The molecule has 0 heterocycles. The van der Waals surface area contributed by atoms with Crippen LogP contribution in [0.2, 0.25) is 0 Å². The molecule has 1 aromatic rings. The van der Waals surface area contributed by atoms with Crippen LogP contribution in [0, 0.1) is 0 Å². The van der Waals surface area contributed by atoms with Crippen LogP contribution in [-0.4, -0.2) is 18.8 Å². The number of nitrogens with one attached hydrogen (secondary N) is 1. The summed E-state index contributed by atoms with van der Waals surface area (Å²) < 4.78 is 6.78. The molecule has 2 unspecified atom stereocenters. The highest BCUT2D eigenvalue weighted by molar-refractivity contribution is 9.10. The first-order valence-electron chi connectivity index (χ1n) is 6.03. The lowest BCUT2D eigenvalue weighted by atomic mass is 10.0. The van der Waals surface area contributed by atoms with Gasteiger partial charge in [0.15, 0.2) is 0 Å². The van der Waals surface area contributed by atoms with Gasteiger partial charge in [0, 0.05) is 11.1 Å².